The molecule has 2 bridgehead atoms. The average molecular weight is 305 g/mol. The molecule has 2 fully saturated rings. The summed E-state index contributed by atoms with van der Waals surface area (Å²) in [4.78, 5) is 0.506. The maximum absolute atomic E-state index is 6.28. The van der Waals surface area contributed by atoms with Crippen LogP contribution >= 0.6 is 15.9 Å². The van der Waals surface area contributed by atoms with Crippen LogP contribution in [0.5, 0.6) is 0 Å². The van der Waals surface area contributed by atoms with Gasteiger partial charge in [0.05, 0.1) is 24.4 Å². The van der Waals surface area contributed by atoms with Crippen LogP contribution in [-0.4, -0.2) is 29.2 Å². The summed E-state index contributed by atoms with van der Waals surface area (Å²) < 4.78 is 12.4. The predicted molar refractivity (Wildman–Crippen MR) is 73.7 cm³/mol. The molecule has 0 N–H and O–H groups in total. The van der Waals surface area contributed by atoms with Gasteiger partial charge in [0.25, 0.3) is 0 Å². The molecule has 0 radical (unpaired) electrons. The van der Waals surface area contributed by atoms with E-state index < -0.39 is 0 Å². The Kier molecular flexibility index (Phi) is 5.31. The second-order valence-corrected chi connectivity index (χ2v) is 6.57. The molecule has 3 heteroatoms. The van der Waals surface area contributed by atoms with Gasteiger partial charge in [-0.2, -0.15) is 0 Å². The first-order valence-electron chi connectivity index (χ1n) is 7.19. The molecule has 2 saturated heterocycles. The number of alkyl halides is 1. The Morgan fingerprint density at radius 1 is 1.12 bits per heavy atom. The van der Waals surface area contributed by atoms with Crippen molar-refractivity contribution in [3.05, 3.63) is 0 Å². The molecular weight excluding hydrogens is 280 g/mol. The van der Waals surface area contributed by atoms with Crippen LogP contribution < -0.4 is 0 Å². The van der Waals surface area contributed by atoms with Gasteiger partial charge in [-0.25, -0.2) is 0 Å². The highest BCUT2D eigenvalue weighted by atomic mass is 79.9. The summed E-state index contributed by atoms with van der Waals surface area (Å²) in [6, 6.07) is 0. The molecule has 0 saturated carbocycles. The van der Waals surface area contributed by atoms with E-state index >= 15 is 0 Å². The minimum atomic E-state index is 0.344. The summed E-state index contributed by atoms with van der Waals surface area (Å²) in [5, 5.41) is 0. The van der Waals surface area contributed by atoms with E-state index in [1.54, 1.807) is 0 Å². The van der Waals surface area contributed by atoms with Crippen molar-refractivity contribution in [1.29, 1.82) is 0 Å². The van der Waals surface area contributed by atoms with Crippen molar-refractivity contribution in [1.82, 2.24) is 0 Å². The van der Waals surface area contributed by atoms with Crippen LogP contribution in [-0.2, 0) is 9.47 Å². The molecule has 2 aliphatic heterocycles. The van der Waals surface area contributed by atoms with Crippen molar-refractivity contribution in [3.8, 4) is 0 Å². The Balaban J connectivity index is 1.96. The van der Waals surface area contributed by atoms with E-state index in [1.807, 2.05) is 0 Å². The third kappa shape index (κ3) is 3.45. The maximum atomic E-state index is 6.28. The third-order valence-electron chi connectivity index (χ3n) is 4.04. The zero-order valence-corrected chi connectivity index (χ0v) is 12.6. The molecule has 17 heavy (non-hydrogen) atoms. The van der Waals surface area contributed by atoms with Gasteiger partial charge in [-0.15, -0.1) is 0 Å². The highest BCUT2D eigenvalue weighted by Crippen LogP contribution is 2.35. The molecule has 0 aliphatic carbocycles. The quantitative estimate of drug-likeness (QED) is 0.729. The number of fused-ring (bicyclic) bond motifs is 2. The summed E-state index contributed by atoms with van der Waals surface area (Å²) in [5.74, 6) is 0. The van der Waals surface area contributed by atoms with Crippen molar-refractivity contribution in [2.75, 3.05) is 0 Å². The zero-order valence-electron chi connectivity index (χ0n) is 11.0. The van der Waals surface area contributed by atoms with Crippen LogP contribution in [0, 0.1) is 0 Å². The first-order valence-corrected chi connectivity index (χ1v) is 8.11. The molecule has 0 spiro atoms. The van der Waals surface area contributed by atoms with E-state index in [2.05, 4.69) is 29.8 Å². The Bertz CT molecular complexity index is 232. The number of hydrogen-bond acceptors (Lipinski definition) is 2. The maximum Gasteiger partial charge on any atom is 0.0865 e. The third-order valence-corrected chi connectivity index (χ3v) is 5.09. The first-order chi connectivity index (χ1) is 8.24. The average Bonchev–Trinajstić information content (AvgIpc) is 2.72. The van der Waals surface area contributed by atoms with Gasteiger partial charge in [-0.05, 0) is 25.7 Å². The van der Waals surface area contributed by atoms with Gasteiger partial charge in [0.1, 0.15) is 0 Å². The van der Waals surface area contributed by atoms with Gasteiger partial charge in [-0.3, -0.25) is 0 Å². The summed E-state index contributed by atoms with van der Waals surface area (Å²) in [7, 11) is 0. The van der Waals surface area contributed by atoms with E-state index in [9.17, 15) is 0 Å². The summed E-state index contributed by atoms with van der Waals surface area (Å²) in [6.45, 7) is 4.46. The van der Waals surface area contributed by atoms with Gasteiger partial charge in [0, 0.05) is 11.2 Å². The minimum absolute atomic E-state index is 0.344. The number of rotatable bonds is 4. The molecule has 3 unspecified atom stereocenters. The van der Waals surface area contributed by atoms with Gasteiger partial charge in [0.2, 0.25) is 0 Å². The van der Waals surface area contributed by atoms with Crippen molar-refractivity contribution in [3.63, 3.8) is 0 Å². The highest BCUT2D eigenvalue weighted by molar-refractivity contribution is 9.09. The fourth-order valence-electron chi connectivity index (χ4n) is 2.98. The topological polar surface area (TPSA) is 18.5 Å². The van der Waals surface area contributed by atoms with Gasteiger partial charge in [-0.1, -0.05) is 42.6 Å². The van der Waals surface area contributed by atoms with Crippen LogP contribution in [0.2, 0.25) is 0 Å². The first kappa shape index (κ1) is 13.8. The lowest BCUT2D eigenvalue weighted by Crippen LogP contribution is -2.34. The highest BCUT2D eigenvalue weighted by Gasteiger charge is 2.39. The van der Waals surface area contributed by atoms with Crippen LogP contribution in [0.3, 0.4) is 0 Å². The molecule has 2 nitrogen and oxygen atoms in total. The van der Waals surface area contributed by atoms with Crippen molar-refractivity contribution < 1.29 is 9.47 Å². The summed E-state index contributed by atoms with van der Waals surface area (Å²) in [5.41, 5.74) is 0. The second-order valence-electron chi connectivity index (χ2n) is 5.39. The molecule has 2 aliphatic rings. The van der Waals surface area contributed by atoms with E-state index in [0.29, 0.717) is 29.2 Å². The van der Waals surface area contributed by atoms with Crippen LogP contribution in [0.1, 0.15) is 58.8 Å². The molecule has 0 amide bonds. The second kappa shape index (κ2) is 6.53. The fraction of sp³-hybridized carbons (Fsp3) is 1.00. The molecule has 2 rings (SSSR count). The smallest absolute Gasteiger partial charge is 0.0865 e. The fourth-order valence-corrected chi connectivity index (χ4v) is 3.75. The van der Waals surface area contributed by atoms with Crippen LogP contribution in [0.4, 0.5) is 0 Å². The Morgan fingerprint density at radius 2 is 1.94 bits per heavy atom. The van der Waals surface area contributed by atoms with Gasteiger partial charge in [0.15, 0.2) is 0 Å². The lowest BCUT2D eigenvalue weighted by Gasteiger charge is -2.28. The van der Waals surface area contributed by atoms with Crippen molar-refractivity contribution >= 4 is 15.9 Å². The summed E-state index contributed by atoms with van der Waals surface area (Å²) in [6.07, 6.45) is 9.76. The van der Waals surface area contributed by atoms with Gasteiger partial charge < -0.3 is 9.47 Å². The van der Waals surface area contributed by atoms with Crippen LogP contribution in [0.25, 0.3) is 0 Å². The molecule has 0 aromatic rings. The largest absolute Gasteiger partial charge is 0.372 e. The van der Waals surface area contributed by atoms with E-state index in [1.165, 1.54) is 32.1 Å². The lowest BCUT2D eigenvalue weighted by atomic mass is 9.99. The molecule has 100 valence electrons. The normalized spacial score (nSPS) is 42.2. The molecule has 0 aromatic heterocycles. The zero-order chi connectivity index (χ0) is 12.3. The Morgan fingerprint density at radius 3 is 2.65 bits per heavy atom. The van der Waals surface area contributed by atoms with Crippen molar-refractivity contribution in [2.45, 2.75) is 88.0 Å². The molecule has 0 aromatic carbocycles. The predicted octanol–water partition coefficient (Wildman–Crippen LogP) is 4.06. The molecule has 5 atom stereocenters. The van der Waals surface area contributed by atoms with Gasteiger partial charge >= 0.3 is 0 Å². The Hall–Kier alpha value is 0.400. The number of unbranched alkanes of at least 4 members (excludes halogenated alkanes) is 1. The van der Waals surface area contributed by atoms with E-state index in [0.717, 1.165) is 12.8 Å². The lowest BCUT2D eigenvalue weighted by molar-refractivity contribution is -0.0543. The molecule has 2 heterocycles. The summed E-state index contributed by atoms with van der Waals surface area (Å²) >= 11 is 3.77. The minimum Gasteiger partial charge on any atom is -0.372 e. The molecular formula is C14H25BrO2. The van der Waals surface area contributed by atoms with E-state index in [-0.39, 0.29) is 0 Å². The van der Waals surface area contributed by atoms with Crippen LogP contribution in [0.15, 0.2) is 0 Å². The van der Waals surface area contributed by atoms with E-state index in [4.69, 9.17) is 9.47 Å². The monoisotopic (exact) mass is 304 g/mol. The SMILES string of the molecule is CCCC[C@@H]1O[C@@H]2CCC(Br)C(CC)OC1C2. The van der Waals surface area contributed by atoms with Crippen molar-refractivity contribution in [2.24, 2.45) is 0 Å². The standard InChI is InChI=1S/C14H25BrO2/c1-3-5-6-13-14-9-10(16-13)7-8-11(15)12(4-2)17-14/h10-14H,3-9H2,1-2H3/t10-,11?,12?,13+,14?/m1/s1. The Labute approximate surface area is 114 Å². The number of halogens is 1. The number of ether oxygens (including phenoxy) is 2. The number of hydrogen-bond donors (Lipinski definition) is 0.